The zero-order valence-corrected chi connectivity index (χ0v) is 15.1. The van der Waals surface area contributed by atoms with Crippen LogP contribution in [-0.2, 0) is 14.4 Å². The van der Waals surface area contributed by atoms with Crippen LogP contribution in [0.3, 0.4) is 0 Å². The third kappa shape index (κ3) is 15.6. The second-order valence-electron chi connectivity index (χ2n) is 6.06. The molecule has 0 spiro atoms. The minimum atomic E-state index is -0.703. The van der Waals surface area contributed by atoms with E-state index in [0.29, 0.717) is 6.42 Å². The van der Waals surface area contributed by atoms with Crippen molar-refractivity contribution in [3.8, 4) is 0 Å². The van der Waals surface area contributed by atoms with E-state index in [1.807, 2.05) is 0 Å². The summed E-state index contributed by atoms with van der Waals surface area (Å²) in [5.74, 6) is -0.786. The van der Waals surface area contributed by atoms with E-state index in [1.165, 1.54) is 25.7 Å². The molecule has 0 saturated heterocycles. The molecule has 0 bridgehead atoms. The van der Waals surface area contributed by atoms with E-state index in [0.717, 1.165) is 38.5 Å². The Morgan fingerprint density at radius 2 is 1.22 bits per heavy atom. The van der Waals surface area contributed by atoms with Crippen molar-refractivity contribution in [2.45, 2.75) is 90.0 Å². The summed E-state index contributed by atoms with van der Waals surface area (Å²) in [6.07, 6.45) is 11.5. The molecule has 134 valence electrons. The van der Waals surface area contributed by atoms with Gasteiger partial charge in [-0.2, -0.15) is 0 Å². The summed E-state index contributed by atoms with van der Waals surface area (Å²) in [5.41, 5.74) is 0. The molecule has 0 heterocycles. The van der Waals surface area contributed by atoms with E-state index >= 15 is 0 Å². The minimum absolute atomic E-state index is 0.0822. The predicted molar refractivity (Wildman–Crippen MR) is 94.6 cm³/mol. The fourth-order valence-corrected chi connectivity index (χ4v) is 2.42. The Labute approximate surface area is 145 Å². The van der Waals surface area contributed by atoms with Crippen molar-refractivity contribution < 1.29 is 19.5 Å². The molecule has 0 fully saturated rings. The van der Waals surface area contributed by atoms with Crippen LogP contribution in [0.2, 0.25) is 0 Å². The van der Waals surface area contributed by atoms with Crippen molar-refractivity contribution in [2.75, 3.05) is 0 Å². The van der Waals surface area contributed by atoms with E-state index in [9.17, 15) is 14.4 Å². The number of thiol groups is 1. The van der Waals surface area contributed by atoms with Gasteiger partial charge in [-0.1, -0.05) is 51.4 Å². The molecule has 5 nitrogen and oxygen atoms in total. The van der Waals surface area contributed by atoms with Crippen molar-refractivity contribution >= 4 is 29.6 Å². The Morgan fingerprint density at radius 1 is 0.826 bits per heavy atom. The summed E-state index contributed by atoms with van der Waals surface area (Å²) in [6.45, 7) is 1.63. The van der Waals surface area contributed by atoms with Gasteiger partial charge in [0.15, 0.2) is 0 Å². The number of carbonyl (C=O) groups is 3. The third-order valence-corrected chi connectivity index (χ3v) is 4.18. The highest BCUT2D eigenvalue weighted by Gasteiger charge is 2.11. The second-order valence-corrected chi connectivity index (χ2v) is 6.50. The van der Waals surface area contributed by atoms with Gasteiger partial charge in [0.25, 0.3) is 0 Å². The number of aliphatic carboxylic acids is 1. The lowest BCUT2D eigenvalue weighted by Crippen LogP contribution is -2.36. The van der Waals surface area contributed by atoms with E-state index in [1.54, 1.807) is 6.92 Å². The highest BCUT2D eigenvalue weighted by Crippen LogP contribution is 2.12. The molecule has 1 amide bonds. The molecule has 0 unspecified atom stereocenters. The topological polar surface area (TPSA) is 83.5 Å². The van der Waals surface area contributed by atoms with Crippen LogP contribution < -0.4 is 5.32 Å². The van der Waals surface area contributed by atoms with Crippen molar-refractivity contribution in [1.82, 2.24) is 5.32 Å². The molecular formula is C17H31NO4S. The summed E-state index contributed by atoms with van der Waals surface area (Å²) in [4.78, 5) is 32.8. The normalized spacial score (nSPS) is 11.9. The summed E-state index contributed by atoms with van der Waals surface area (Å²) in [5, 5.41) is 10.8. The summed E-state index contributed by atoms with van der Waals surface area (Å²) >= 11 is 3.68. The lowest BCUT2D eigenvalue weighted by molar-refractivity contribution is -0.137. The van der Waals surface area contributed by atoms with Gasteiger partial charge in [-0.15, -0.1) is 12.6 Å². The van der Waals surface area contributed by atoms with Crippen LogP contribution in [0, 0.1) is 0 Å². The summed E-state index contributed by atoms with van der Waals surface area (Å²) in [6, 6.07) is -0.513. The van der Waals surface area contributed by atoms with Gasteiger partial charge in [-0.3, -0.25) is 14.4 Å². The largest absolute Gasteiger partial charge is 0.481 e. The van der Waals surface area contributed by atoms with Crippen LogP contribution in [0.5, 0.6) is 0 Å². The number of hydrogen-bond acceptors (Lipinski definition) is 3. The molecule has 0 radical (unpaired) electrons. The first-order valence-corrected chi connectivity index (χ1v) is 9.12. The first-order chi connectivity index (χ1) is 10.9. The lowest BCUT2D eigenvalue weighted by atomic mass is 10.1. The summed E-state index contributed by atoms with van der Waals surface area (Å²) < 4.78 is 0. The average molecular weight is 346 g/mol. The lowest BCUT2D eigenvalue weighted by Gasteiger charge is -2.09. The standard InChI is InChI=1S/C17H31NO4S/c1-14(17(22)23)18-15(19)12-10-8-6-4-2-3-5-7-9-11-13-16(20)21/h14H,2-13H2,1H3,(H,18,19)(H,20,21)(H,22,23)/t14-/m0/s1. The SMILES string of the molecule is C[C@H](NC(=O)CCCCCCCCCCCCC(=O)O)C(=O)S. The van der Waals surface area contributed by atoms with Gasteiger partial charge in [0.1, 0.15) is 0 Å². The van der Waals surface area contributed by atoms with Crippen molar-refractivity contribution in [2.24, 2.45) is 0 Å². The van der Waals surface area contributed by atoms with E-state index in [4.69, 9.17) is 5.11 Å². The van der Waals surface area contributed by atoms with Crippen LogP contribution in [0.1, 0.15) is 84.0 Å². The maximum atomic E-state index is 11.5. The van der Waals surface area contributed by atoms with Gasteiger partial charge in [0.2, 0.25) is 11.0 Å². The van der Waals surface area contributed by atoms with E-state index < -0.39 is 12.0 Å². The fourth-order valence-electron chi connectivity index (χ4n) is 2.35. The Kier molecular flexibility index (Phi) is 13.9. The molecule has 0 aromatic rings. The van der Waals surface area contributed by atoms with Crippen molar-refractivity contribution in [3.63, 3.8) is 0 Å². The molecule has 0 aliphatic heterocycles. The van der Waals surface area contributed by atoms with Gasteiger partial charge in [0, 0.05) is 12.8 Å². The Bertz CT molecular complexity index is 361. The molecule has 6 heteroatoms. The first kappa shape index (κ1) is 22.0. The zero-order chi connectivity index (χ0) is 17.5. The van der Waals surface area contributed by atoms with Gasteiger partial charge < -0.3 is 10.4 Å². The molecule has 0 aliphatic carbocycles. The number of hydrogen-bond donors (Lipinski definition) is 3. The Hall–Kier alpha value is -1.04. The molecule has 0 aliphatic rings. The highest BCUT2D eigenvalue weighted by molar-refractivity contribution is 7.96. The number of rotatable bonds is 15. The number of carboxylic acids is 1. The molecule has 2 N–H and O–H groups in total. The van der Waals surface area contributed by atoms with Crippen molar-refractivity contribution in [1.29, 1.82) is 0 Å². The number of carboxylic acid groups (broad SMARTS) is 1. The molecule has 0 aromatic carbocycles. The van der Waals surface area contributed by atoms with E-state index in [2.05, 4.69) is 17.9 Å². The van der Waals surface area contributed by atoms with Gasteiger partial charge >= 0.3 is 5.97 Å². The Balaban J connectivity index is 3.26. The van der Waals surface area contributed by atoms with Crippen LogP contribution >= 0.6 is 12.6 Å². The van der Waals surface area contributed by atoms with Gasteiger partial charge in [-0.25, -0.2) is 0 Å². The molecule has 0 rings (SSSR count). The third-order valence-electron chi connectivity index (χ3n) is 3.79. The minimum Gasteiger partial charge on any atom is -0.481 e. The van der Waals surface area contributed by atoms with Crippen LogP contribution in [-0.4, -0.2) is 28.1 Å². The van der Waals surface area contributed by atoms with Gasteiger partial charge in [0.05, 0.1) is 6.04 Å². The molecule has 0 aromatic heterocycles. The Morgan fingerprint density at radius 3 is 1.61 bits per heavy atom. The predicted octanol–water partition coefficient (Wildman–Crippen LogP) is 3.71. The number of unbranched alkanes of at least 4 members (excludes halogenated alkanes) is 9. The van der Waals surface area contributed by atoms with Crippen LogP contribution in [0.4, 0.5) is 0 Å². The van der Waals surface area contributed by atoms with Crippen LogP contribution in [0.15, 0.2) is 0 Å². The fraction of sp³-hybridized carbons (Fsp3) is 0.824. The monoisotopic (exact) mass is 345 g/mol. The highest BCUT2D eigenvalue weighted by atomic mass is 32.1. The molecule has 23 heavy (non-hydrogen) atoms. The maximum absolute atomic E-state index is 11.5. The second kappa shape index (κ2) is 14.5. The smallest absolute Gasteiger partial charge is 0.303 e. The average Bonchev–Trinajstić information content (AvgIpc) is 2.47. The molecule has 0 saturated carbocycles. The van der Waals surface area contributed by atoms with E-state index in [-0.39, 0.29) is 17.4 Å². The number of nitrogens with one attached hydrogen (secondary N) is 1. The molecular weight excluding hydrogens is 314 g/mol. The zero-order valence-electron chi connectivity index (χ0n) is 14.2. The van der Waals surface area contributed by atoms with Gasteiger partial charge in [-0.05, 0) is 19.8 Å². The number of amides is 1. The first-order valence-electron chi connectivity index (χ1n) is 8.67. The summed E-state index contributed by atoms with van der Waals surface area (Å²) in [7, 11) is 0. The number of carbonyl (C=O) groups excluding carboxylic acids is 2. The quantitative estimate of drug-likeness (QED) is 0.312. The molecule has 1 atom stereocenters. The van der Waals surface area contributed by atoms with Crippen LogP contribution in [0.25, 0.3) is 0 Å². The maximum Gasteiger partial charge on any atom is 0.303 e. The van der Waals surface area contributed by atoms with Crippen molar-refractivity contribution in [3.05, 3.63) is 0 Å².